The third-order valence-electron chi connectivity index (χ3n) is 3.03. The summed E-state index contributed by atoms with van der Waals surface area (Å²) in [5.74, 6) is 0.848. The van der Waals surface area contributed by atoms with Crippen LogP contribution < -0.4 is 10.6 Å². The SMILES string of the molecule is CCNC(=NCc1sc(C)nc1C)NCCc1ncc(C)s1. The fraction of sp³-hybridized carbons (Fsp3) is 0.533. The van der Waals surface area contributed by atoms with Crippen molar-refractivity contribution >= 4 is 28.6 Å². The fourth-order valence-corrected chi connectivity index (χ4v) is 3.67. The molecule has 2 aromatic heterocycles. The summed E-state index contributed by atoms with van der Waals surface area (Å²) in [5, 5.41) is 8.90. The maximum atomic E-state index is 4.64. The van der Waals surface area contributed by atoms with Crippen LogP contribution in [0, 0.1) is 20.8 Å². The van der Waals surface area contributed by atoms with Gasteiger partial charge in [0.05, 0.1) is 22.3 Å². The van der Waals surface area contributed by atoms with Crippen LogP contribution in [-0.4, -0.2) is 29.0 Å². The Hall–Kier alpha value is -1.47. The van der Waals surface area contributed by atoms with Gasteiger partial charge in [0.15, 0.2) is 5.96 Å². The Bertz CT molecular complexity index is 630. The summed E-state index contributed by atoms with van der Waals surface area (Å²) in [4.78, 5) is 15.9. The zero-order valence-corrected chi connectivity index (χ0v) is 15.2. The van der Waals surface area contributed by atoms with Crippen molar-refractivity contribution < 1.29 is 0 Å². The van der Waals surface area contributed by atoms with E-state index in [0.29, 0.717) is 6.54 Å². The van der Waals surface area contributed by atoms with Gasteiger partial charge in [0, 0.05) is 35.5 Å². The van der Waals surface area contributed by atoms with Gasteiger partial charge in [-0.15, -0.1) is 22.7 Å². The number of nitrogens with one attached hydrogen (secondary N) is 2. The fourth-order valence-electron chi connectivity index (χ4n) is 2.02. The molecule has 5 nitrogen and oxygen atoms in total. The van der Waals surface area contributed by atoms with Gasteiger partial charge in [-0.2, -0.15) is 0 Å². The molecule has 7 heteroatoms. The lowest BCUT2D eigenvalue weighted by molar-refractivity contribution is 0.797. The van der Waals surface area contributed by atoms with Crippen LogP contribution in [0.15, 0.2) is 11.2 Å². The summed E-state index contributed by atoms with van der Waals surface area (Å²) >= 11 is 3.47. The number of guanidine groups is 1. The zero-order chi connectivity index (χ0) is 15.9. The minimum absolute atomic E-state index is 0.670. The predicted octanol–water partition coefficient (Wildman–Crippen LogP) is 2.82. The standard InChI is InChI=1S/C15H23N5S2/c1-5-16-15(17-7-6-14-18-8-10(2)21-14)19-9-13-11(3)20-12(4)22-13/h8H,5-7,9H2,1-4H3,(H2,16,17,19). The predicted molar refractivity (Wildman–Crippen MR) is 95.0 cm³/mol. The number of thiazole rings is 2. The highest BCUT2D eigenvalue weighted by molar-refractivity contribution is 7.11. The Morgan fingerprint density at radius 1 is 1.23 bits per heavy atom. The summed E-state index contributed by atoms with van der Waals surface area (Å²) in [6.07, 6.45) is 2.84. The molecule has 22 heavy (non-hydrogen) atoms. The van der Waals surface area contributed by atoms with Gasteiger partial charge in [-0.05, 0) is 27.7 Å². The molecule has 2 rings (SSSR count). The van der Waals surface area contributed by atoms with E-state index < -0.39 is 0 Å². The van der Waals surface area contributed by atoms with Gasteiger partial charge in [-0.25, -0.2) is 15.0 Å². The highest BCUT2D eigenvalue weighted by atomic mass is 32.1. The first kappa shape index (κ1) is 16.9. The van der Waals surface area contributed by atoms with Crippen LogP contribution in [0.5, 0.6) is 0 Å². The summed E-state index contributed by atoms with van der Waals surface area (Å²) in [5.41, 5.74) is 1.08. The van der Waals surface area contributed by atoms with Crippen LogP contribution in [0.1, 0.15) is 32.4 Å². The third kappa shape index (κ3) is 5.06. The van der Waals surface area contributed by atoms with Gasteiger partial charge in [0.1, 0.15) is 0 Å². The molecule has 0 aromatic carbocycles. The van der Waals surface area contributed by atoms with E-state index in [0.717, 1.165) is 41.2 Å². The summed E-state index contributed by atoms with van der Waals surface area (Å²) < 4.78 is 0. The quantitative estimate of drug-likeness (QED) is 0.628. The van der Waals surface area contributed by atoms with Crippen LogP contribution in [0.3, 0.4) is 0 Å². The molecule has 0 bridgehead atoms. The molecule has 2 aromatic rings. The first-order chi connectivity index (χ1) is 10.6. The Balaban J connectivity index is 1.88. The first-order valence-corrected chi connectivity index (χ1v) is 9.08. The Morgan fingerprint density at radius 2 is 2.05 bits per heavy atom. The molecule has 2 N–H and O–H groups in total. The van der Waals surface area contributed by atoms with E-state index in [2.05, 4.69) is 39.4 Å². The van der Waals surface area contributed by atoms with E-state index in [9.17, 15) is 0 Å². The van der Waals surface area contributed by atoms with Crippen molar-refractivity contribution in [2.45, 2.75) is 40.7 Å². The van der Waals surface area contributed by atoms with Crippen LogP contribution in [0.4, 0.5) is 0 Å². The van der Waals surface area contributed by atoms with Gasteiger partial charge in [-0.3, -0.25) is 0 Å². The molecule has 0 aliphatic rings. The molecule has 0 aliphatic carbocycles. The number of aliphatic imine (C=N–C) groups is 1. The lowest BCUT2D eigenvalue weighted by atomic mass is 10.4. The molecule has 0 spiro atoms. The Labute approximate surface area is 139 Å². The highest BCUT2D eigenvalue weighted by Crippen LogP contribution is 2.17. The molecular weight excluding hydrogens is 314 g/mol. The molecular formula is C15H23N5S2. The number of hydrogen-bond donors (Lipinski definition) is 2. The lowest BCUT2D eigenvalue weighted by Crippen LogP contribution is -2.38. The van der Waals surface area contributed by atoms with Crippen LogP contribution in [0.25, 0.3) is 0 Å². The molecule has 0 aliphatic heterocycles. The van der Waals surface area contributed by atoms with Crippen molar-refractivity contribution in [3.8, 4) is 0 Å². The molecule has 120 valence electrons. The van der Waals surface area contributed by atoms with E-state index in [1.807, 2.05) is 20.0 Å². The van der Waals surface area contributed by atoms with Gasteiger partial charge >= 0.3 is 0 Å². The third-order valence-corrected chi connectivity index (χ3v) is 5.06. The maximum Gasteiger partial charge on any atom is 0.191 e. The molecule has 0 saturated heterocycles. The number of rotatable bonds is 6. The summed E-state index contributed by atoms with van der Waals surface area (Å²) in [6, 6.07) is 0. The van der Waals surface area contributed by atoms with Crippen molar-refractivity contribution in [3.63, 3.8) is 0 Å². The number of nitrogens with zero attached hydrogens (tertiary/aromatic N) is 3. The zero-order valence-electron chi connectivity index (χ0n) is 13.6. The lowest BCUT2D eigenvalue weighted by Gasteiger charge is -2.10. The number of hydrogen-bond acceptors (Lipinski definition) is 5. The van der Waals surface area contributed by atoms with Crippen molar-refractivity contribution in [3.05, 3.63) is 31.7 Å². The largest absolute Gasteiger partial charge is 0.357 e. The molecule has 0 amide bonds. The first-order valence-electron chi connectivity index (χ1n) is 7.45. The average molecular weight is 338 g/mol. The van der Waals surface area contributed by atoms with Crippen LogP contribution in [-0.2, 0) is 13.0 Å². The van der Waals surface area contributed by atoms with E-state index in [1.165, 1.54) is 9.75 Å². The summed E-state index contributed by atoms with van der Waals surface area (Å²) in [6.45, 7) is 10.6. The topological polar surface area (TPSA) is 62.2 Å². The monoisotopic (exact) mass is 337 g/mol. The molecule has 0 fully saturated rings. The average Bonchev–Trinajstić information content (AvgIpc) is 3.01. The van der Waals surface area contributed by atoms with E-state index in [4.69, 9.17) is 0 Å². The van der Waals surface area contributed by atoms with Gasteiger partial charge in [0.25, 0.3) is 0 Å². The van der Waals surface area contributed by atoms with Crippen molar-refractivity contribution in [1.82, 2.24) is 20.6 Å². The van der Waals surface area contributed by atoms with Gasteiger partial charge in [0.2, 0.25) is 0 Å². The molecule has 2 heterocycles. The van der Waals surface area contributed by atoms with Crippen LogP contribution >= 0.6 is 22.7 Å². The van der Waals surface area contributed by atoms with Crippen molar-refractivity contribution in [2.24, 2.45) is 4.99 Å². The Kier molecular flexibility index (Phi) is 6.33. The van der Waals surface area contributed by atoms with E-state index >= 15 is 0 Å². The molecule has 0 saturated carbocycles. The van der Waals surface area contributed by atoms with E-state index in [1.54, 1.807) is 22.7 Å². The summed E-state index contributed by atoms with van der Waals surface area (Å²) in [7, 11) is 0. The maximum absolute atomic E-state index is 4.64. The van der Waals surface area contributed by atoms with Gasteiger partial charge in [-0.1, -0.05) is 0 Å². The second-order valence-corrected chi connectivity index (χ2v) is 7.59. The molecule has 0 unspecified atom stereocenters. The van der Waals surface area contributed by atoms with Crippen LogP contribution in [0.2, 0.25) is 0 Å². The number of aromatic nitrogens is 2. The second-order valence-electron chi connectivity index (χ2n) is 4.98. The normalized spacial score (nSPS) is 11.7. The Morgan fingerprint density at radius 3 is 2.64 bits per heavy atom. The van der Waals surface area contributed by atoms with Crippen molar-refractivity contribution in [2.75, 3.05) is 13.1 Å². The highest BCUT2D eigenvalue weighted by Gasteiger charge is 2.05. The molecule has 0 radical (unpaired) electrons. The smallest absolute Gasteiger partial charge is 0.191 e. The van der Waals surface area contributed by atoms with E-state index in [-0.39, 0.29) is 0 Å². The van der Waals surface area contributed by atoms with Crippen molar-refractivity contribution in [1.29, 1.82) is 0 Å². The number of aryl methyl sites for hydroxylation is 3. The second kappa shape index (κ2) is 8.24. The molecule has 0 atom stereocenters. The minimum atomic E-state index is 0.670. The minimum Gasteiger partial charge on any atom is -0.357 e. The van der Waals surface area contributed by atoms with Gasteiger partial charge < -0.3 is 10.6 Å².